The van der Waals surface area contributed by atoms with Crippen molar-refractivity contribution in [3.05, 3.63) is 30.4 Å². The van der Waals surface area contributed by atoms with Crippen molar-refractivity contribution in [1.29, 1.82) is 0 Å². The third-order valence-corrected chi connectivity index (χ3v) is 1.97. The smallest absolute Gasteiger partial charge is 0.328 e. The Morgan fingerprint density at radius 3 is 2.35 bits per heavy atom. The summed E-state index contributed by atoms with van der Waals surface area (Å²) >= 11 is 0. The Hall–Kier alpha value is -2.17. The average Bonchev–Trinajstić information content (AvgIpc) is 2.34. The molecule has 0 spiro atoms. The molecule has 1 rings (SSSR count). The predicted molar refractivity (Wildman–Crippen MR) is 61.8 cm³/mol. The van der Waals surface area contributed by atoms with Crippen molar-refractivity contribution >= 4 is 5.97 Å². The van der Waals surface area contributed by atoms with Gasteiger partial charge in [0.25, 0.3) is 0 Å². The molecule has 92 valence electrons. The fourth-order valence-corrected chi connectivity index (χ4v) is 1.24. The Bertz CT molecular complexity index is 389. The van der Waals surface area contributed by atoms with Gasteiger partial charge in [-0.05, 0) is 18.2 Å². The summed E-state index contributed by atoms with van der Waals surface area (Å²) in [5.41, 5.74) is 0. The third-order valence-electron chi connectivity index (χ3n) is 1.97. The number of aliphatic carboxylic acids is 1. The molecular formula is C12H14O5. The van der Waals surface area contributed by atoms with Crippen molar-refractivity contribution in [1.82, 2.24) is 0 Å². The molecule has 0 radical (unpaired) electrons. The van der Waals surface area contributed by atoms with Gasteiger partial charge in [-0.25, -0.2) is 4.79 Å². The molecule has 0 heterocycles. The standard InChI is InChI=1S/C12H14O5/c1-15-9-5-3-6-10(16-2)12(9)17-8-4-7-11(13)14/h3-7H,8H2,1-2H3,(H,13,14). The van der Waals surface area contributed by atoms with Crippen molar-refractivity contribution in [2.24, 2.45) is 0 Å². The van der Waals surface area contributed by atoms with E-state index in [0.29, 0.717) is 17.2 Å². The summed E-state index contributed by atoms with van der Waals surface area (Å²) in [7, 11) is 3.05. The van der Waals surface area contributed by atoms with Gasteiger partial charge in [0.2, 0.25) is 5.75 Å². The van der Waals surface area contributed by atoms with Crippen molar-refractivity contribution in [2.75, 3.05) is 20.8 Å². The van der Waals surface area contributed by atoms with Crippen LogP contribution in [0.15, 0.2) is 30.4 Å². The molecule has 1 N–H and O–H groups in total. The summed E-state index contributed by atoms with van der Waals surface area (Å²) in [5.74, 6) is 0.509. The zero-order valence-electron chi connectivity index (χ0n) is 9.67. The highest BCUT2D eigenvalue weighted by Gasteiger charge is 2.10. The first kappa shape index (κ1) is 12.9. The van der Waals surface area contributed by atoms with Gasteiger partial charge in [-0.15, -0.1) is 0 Å². The molecule has 0 aromatic heterocycles. The Kier molecular flexibility index (Phi) is 4.87. The van der Waals surface area contributed by atoms with Gasteiger partial charge in [-0.1, -0.05) is 6.07 Å². The molecular weight excluding hydrogens is 224 g/mol. The molecule has 0 saturated heterocycles. The maximum absolute atomic E-state index is 10.3. The average molecular weight is 238 g/mol. The number of ether oxygens (including phenoxy) is 3. The van der Waals surface area contributed by atoms with Gasteiger partial charge in [-0.2, -0.15) is 0 Å². The molecule has 0 fully saturated rings. The second-order valence-corrected chi connectivity index (χ2v) is 3.04. The van der Waals surface area contributed by atoms with Gasteiger partial charge < -0.3 is 19.3 Å². The van der Waals surface area contributed by atoms with Crippen molar-refractivity contribution in [3.63, 3.8) is 0 Å². The lowest BCUT2D eigenvalue weighted by Gasteiger charge is -2.12. The second-order valence-electron chi connectivity index (χ2n) is 3.04. The minimum absolute atomic E-state index is 0.128. The van der Waals surface area contributed by atoms with E-state index in [9.17, 15) is 4.79 Å². The zero-order valence-corrected chi connectivity index (χ0v) is 9.67. The normalized spacial score (nSPS) is 10.2. The summed E-state index contributed by atoms with van der Waals surface area (Å²) in [4.78, 5) is 10.3. The molecule has 5 heteroatoms. The molecule has 0 aliphatic heterocycles. The lowest BCUT2D eigenvalue weighted by atomic mass is 10.3. The number of carboxylic acids is 1. The number of carboxylic acid groups (broad SMARTS) is 1. The Morgan fingerprint density at radius 2 is 1.88 bits per heavy atom. The first-order chi connectivity index (χ1) is 8.19. The number of hydrogen-bond acceptors (Lipinski definition) is 4. The van der Waals surface area contributed by atoms with Crippen LogP contribution in [0.25, 0.3) is 0 Å². The van der Waals surface area contributed by atoms with Crippen LogP contribution in [0.3, 0.4) is 0 Å². The summed E-state index contributed by atoms with van der Waals surface area (Å²) in [5, 5.41) is 8.42. The van der Waals surface area contributed by atoms with Gasteiger partial charge in [0.1, 0.15) is 6.61 Å². The highest BCUT2D eigenvalue weighted by molar-refractivity contribution is 5.79. The van der Waals surface area contributed by atoms with E-state index in [1.807, 2.05) is 0 Å². The van der Waals surface area contributed by atoms with E-state index in [1.165, 1.54) is 20.3 Å². The Morgan fingerprint density at radius 1 is 1.29 bits per heavy atom. The number of rotatable bonds is 6. The van der Waals surface area contributed by atoms with Crippen LogP contribution in [0.2, 0.25) is 0 Å². The van der Waals surface area contributed by atoms with E-state index in [4.69, 9.17) is 19.3 Å². The van der Waals surface area contributed by atoms with Crippen LogP contribution in [0.5, 0.6) is 17.2 Å². The van der Waals surface area contributed by atoms with E-state index in [1.54, 1.807) is 18.2 Å². The molecule has 0 unspecified atom stereocenters. The maximum Gasteiger partial charge on any atom is 0.328 e. The fourth-order valence-electron chi connectivity index (χ4n) is 1.24. The molecule has 1 aromatic rings. The van der Waals surface area contributed by atoms with Crippen molar-refractivity contribution < 1.29 is 24.1 Å². The van der Waals surface area contributed by atoms with Crippen LogP contribution in [0, 0.1) is 0 Å². The van der Waals surface area contributed by atoms with Crippen LogP contribution in [0.4, 0.5) is 0 Å². The van der Waals surface area contributed by atoms with E-state index in [-0.39, 0.29) is 6.61 Å². The summed E-state index contributed by atoms with van der Waals surface area (Å²) < 4.78 is 15.6. The lowest BCUT2D eigenvalue weighted by molar-refractivity contribution is -0.131. The number of carbonyl (C=O) groups is 1. The molecule has 17 heavy (non-hydrogen) atoms. The number of para-hydroxylation sites is 1. The second kappa shape index (κ2) is 6.42. The highest BCUT2D eigenvalue weighted by Crippen LogP contribution is 2.36. The van der Waals surface area contributed by atoms with Gasteiger partial charge >= 0.3 is 5.97 Å². The van der Waals surface area contributed by atoms with E-state index in [0.717, 1.165) is 6.08 Å². The molecule has 0 saturated carbocycles. The summed E-state index contributed by atoms with van der Waals surface area (Å²) in [6.45, 7) is 0.128. The summed E-state index contributed by atoms with van der Waals surface area (Å²) in [6.07, 6.45) is 2.41. The lowest BCUT2D eigenvalue weighted by Crippen LogP contribution is -2.00. The van der Waals surface area contributed by atoms with E-state index >= 15 is 0 Å². The largest absolute Gasteiger partial charge is 0.493 e. The predicted octanol–water partition coefficient (Wildman–Crippen LogP) is 1.72. The van der Waals surface area contributed by atoms with Gasteiger partial charge in [0, 0.05) is 6.08 Å². The molecule has 0 bridgehead atoms. The molecule has 0 atom stereocenters. The van der Waals surface area contributed by atoms with E-state index < -0.39 is 5.97 Å². The van der Waals surface area contributed by atoms with Crippen LogP contribution >= 0.6 is 0 Å². The molecule has 0 aliphatic carbocycles. The number of benzene rings is 1. The maximum atomic E-state index is 10.3. The minimum atomic E-state index is -1.01. The molecule has 0 aliphatic rings. The molecule has 1 aromatic carbocycles. The van der Waals surface area contributed by atoms with Gasteiger partial charge in [-0.3, -0.25) is 0 Å². The third kappa shape index (κ3) is 3.71. The molecule has 5 nitrogen and oxygen atoms in total. The van der Waals surface area contributed by atoms with Crippen LogP contribution in [-0.2, 0) is 4.79 Å². The quantitative estimate of drug-likeness (QED) is 0.764. The SMILES string of the molecule is COc1cccc(OC)c1OCC=CC(=O)O. The Labute approximate surface area is 99.2 Å². The zero-order chi connectivity index (χ0) is 12.7. The molecule has 0 amide bonds. The topological polar surface area (TPSA) is 65.0 Å². The Balaban J connectivity index is 2.77. The van der Waals surface area contributed by atoms with Gasteiger partial charge in [0.05, 0.1) is 14.2 Å². The van der Waals surface area contributed by atoms with Gasteiger partial charge in [0.15, 0.2) is 11.5 Å². The monoisotopic (exact) mass is 238 g/mol. The fraction of sp³-hybridized carbons (Fsp3) is 0.250. The highest BCUT2D eigenvalue weighted by atomic mass is 16.5. The van der Waals surface area contributed by atoms with E-state index in [2.05, 4.69) is 0 Å². The van der Waals surface area contributed by atoms with Crippen molar-refractivity contribution in [2.45, 2.75) is 0 Å². The minimum Gasteiger partial charge on any atom is -0.493 e. The number of hydrogen-bond donors (Lipinski definition) is 1. The summed E-state index contributed by atoms with van der Waals surface area (Å²) in [6, 6.07) is 5.25. The van der Waals surface area contributed by atoms with Crippen LogP contribution in [-0.4, -0.2) is 31.9 Å². The van der Waals surface area contributed by atoms with Crippen LogP contribution in [0.1, 0.15) is 0 Å². The number of methoxy groups -OCH3 is 2. The first-order valence-corrected chi connectivity index (χ1v) is 4.92. The first-order valence-electron chi connectivity index (χ1n) is 4.92. The van der Waals surface area contributed by atoms with Crippen molar-refractivity contribution in [3.8, 4) is 17.2 Å². The van der Waals surface area contributed by atoms with Crippen LogP contribution < -0.4 is 14.2 Å².